The van der Waals surface area contributed by atoms with E-state index >= 15 is 0 Å². The molecular formula is C24H22O4Pr. The number of carbonyl (C=O) groups excluding carboxylic acids is 1. The molecule has 0 aromatic heterocycles. The fourth-order valence-electron chi connectivity index (χ4n) is 2.88. The molecule has 0 fully saturated rings. The van der Waals surface area contributed by atoms with Crippen LogP contribution in [0.2, 0.25) is 0 Å². The molecule has 3 aromatic carbocycles. The smallest absolute Gasteiger partial charge is 0.197 e. The van der Waals surface area contributed by atoms with Crippen molar-refractivity contribution in [3.8, 4) is 17.2 Å². The van der Waals surface area contributed by atoms with Gasteiger partial charge in [-0.05, 0) is 42.3 Å². The molecule has 0 spiro atoms. The van der Waals surface area contributed by atoms with E-state index in [2.05, 4.69) is 0 Å². The Labute approximate surface area is 204 Å². The van der Waals surface area contributed by atoms with Gasteiger partial charge in [0.05, 0.1) is 12.7 Å². The minimum Gasteiger partial charge on any atom is -0.508 e. The van der Waals surface area contributed by atoms with Crippen LogP contribution in [-0.4, -0.2) is 18.0 Å². The summed E-state index contributed by atoms with van der Waals surface area (Å²) in [5.41, 5.74) is 2.55. The first-order valence-corrected chi connectivity index (χ1v) is 8.97. The van der Waals surface area contributed by atoms with Crippen LogP contribution in [0, 0.1) is 41.3 Å². The number of hydrogen-bond acceptors (Lipinski definition) is 4. The number of carbonyl (C=O) groups is 1. The quantitative estimate of drug-likeness (QED) is 0.438. The van der Waals surface area contributed by atoms with E-state index in [0.717, 1.165) is 11.1 Å². The van der Waals surface area contributed by atoms with Gasteiger partial charge in [-0.1, -0.05) is 48.6 Å². The number of phenols is 1. The van der Waals surface area contributed by atoms with Crippen LogP contribution in [0.15, 0.2) is 72.8 Å². The van der Waals surface area contributed by atoms with Crippen molar-refractivity contribution in [3.05, 3.63) is 95.1 Å². The molecule has 29 heavy (non-hydrogen) atoms. The second-order valence-electron chi connectivity index (χ2n) is 6.24. The molecule has 3 rings (SSSR count). The van der Waals surface area contributed by atoms with Gasteiger partial charge >= 0.3 is 0 Å². The summed E-state index contributed by atoms with van der Waals surface area (Å²) in [6.45, 7) is 2.21. The largest absolute Gasteiger partial charge is 0.508 e. The van der Waals surface area contributed by atoms with Gasteiger partial charge in [-0.3, -0.25) is 4.79 Å². The third kappa shape index (κ3) is 5.91. The molecule has 0 bridgehead atoms. The van der Waals surface area contributed by atoms with Crippen LogP contribution in [0.1, 0.15) is 34.0 Å². The number of benzene rings is 3. The SMILES string of the molecule is C/C=C/c1ccc(O)cc1C(=O)c1ccc(OC)cc1OCc1ccccc1.[Pr]. The zero-order valence-electron chi connectivity index (χ0n) is 16.5. The van der Waals surface area contributed by atoms with Crippen LogP contribution in [0.3, 0.4) is 0 Å². The molecule has 0 unspecified atom stereocenters. The Balaban J connectivity index is 0.00000300. The molecule has 1 radical (unpaired) electrons. The minimum absolute atomic E-state index is 0. The molecule has 0 saturated carbocycles. The summed E-state index contributed by atoms with van der Waals surface area (Å²) in [6, 6.07) is 19.6. The van der Waals surface area contributed by atoms with Crippen molar-refractivity contribution in [2.24, 2.45) is 0 Å². The summed E-state index contributed by atoms with van der Waals surface area (Å²) >= 11 is 0. The number of hydrogen-bond donors (Lipinski definition) is 1. The number of aromatic hydroxyl groups is 1. The topological polar surface area (TPSA) is 55.8 Å². The van der Waals surface area contributed by atoms with Crippen LogP contribution < -0.4 is 9.47 Å². The van der Waals surface area contributed by atoms with E-state index in [-0.39, 0.29) is 52.8 Å². The Bertz CT molecular complexity index is 997. The Kier molecular flexibility index (Phi) is 8.87. The zero-order chi connectivity index (χ0) is 19.9. The minimum atomic E-state index is -0.227. The standard InChI is InChI=1S/C24H22O4.Pr/c1-3-7-18-10-11-19(25)14-22(18)24(26)21-13-12-20(27-2)15-23(21)28-16-17-8-5-4-6-9-17;/h3-15,25H,16H2,1-2H3;/b7-3+;. The number of phenolic OH excluding ortho intramolecular Hbond substituents is 1. The van der Waals surface area contributed by atoms with Gasteiger partial charge in [0.1, 0.15) is 23.9 Å². The van der Waals surface area contributed by atoms with Crippen LogP contribution in [0.4, 0.5) is 0 Å². The van der Waals surface area contributed by atoms with Gasteiger partial charge in [0, 0.05) is 52.9 Å². The average Bonchev–Trinajstić information content (AvgIpc) is 2.73. The van der Waals surface area contributed by atoms with Gasteiger partial charge in [0.2, 0.25) is 0 Å². The van der Waals surface area contributed by atoms with E-state index in [1.165, 1.54) is 6.07 Å². The first-order valence-electron chi connectivity index (χ1n) is 8.97. The van der Waals surface area contributed by atoms with E-state index in [9.17, 15) is 9.90 Å². The summed E-state index contributed by atoms with van der Waals surface area (Å²) in [7, 11) is 1.57. The second-order valence-corrected chi connectivity index (χ2v) is 6.24. The molecular weight excluding hydrogens is 493 g/mol. The van der Waals surface area contributed by atoms with Gasteiger partial charge in [0.15, 0.2) is 5.78 Å². The Hall–Kier alpha value is -2.17. The Morgan fingerprint density at radius 1 is 1.00 bits per heavy atom. The molecule has 3 aromatic rings. The average molecular weight is 515 g/mol. The maximum atomic E-state index is 13.3. The molecule has 145 valence electrons. The van der Waals surface area contributed by atoms with E-state index < -0.39 is 0 Å². The van der Waals surface area contributed by atoms with Crippen LogP contribution in [0.25, 0.3) is 6.08 Å². The van der Waals surface area contributed by atoms with Gasteiger partial charge in [-0.2, -0.15) is 0 Å². The third-order valence-electron chi connectivity index (χ3n) is 4.30. The maximum absolute atomic E-state index is 13.3. The first-order chi connectivity index (χ1) is 13.6. The third-order valence-corrected chi connectivity index (χ3v) is 4.30. The van der Waals surface area contributed by atoms with Crippen LogP contribution in [-0.2, 0) is 6.61 Å². The molecule has 0 saturated heterocycles. The van der Waals surface area contributed by atoms with Crippen molar-refractivity contribution >= 4 is 11.9 Å². The van der Waals surface area contributed by atoms with Crippen LogP contribution in [0.5, 0.6) is 17.2 Å². The normalized spacial score (nSPS) is 10.4. The Morgan fingerprint density at radius 2 is 1.76 bits per heavy atom. The van der Waals surface area contributed by atoms with Gasteiger partial charge in [-0.25, -0.2) is 0 Å². The molecule has 4 nitrogen and oxygen atoms in total. The molecule has 0 aliphatic rings. The molecule has 0 amide bonds. The van der Waals surface area contributed by atoms with Crippen molar-refractivity contribution in [1.82, 2.24) is 0 Å². The molecule has 0 heterocycles. The predicted octanol–water partition coefficient (Wildman–Crippen LogP) is 5.24. The molecule has 1 N–H and O–H groups in total. The molecule has 0 atom stereocenters. The predicted molar refractivity (Wildman–Crippen MR) is 110 cm³/mol. The Morgan fingerprint density at radius 3 is 2.45 bits per heavy atom. The first kappa shape index (κ1) is 23.1. The van der Waals surface area contributed by atoms with Crippen molar-refractivity contribution in [1.29, 1.82) is 0 Å². The number of methoxy groups -OCH3 is 1. The van der Waals surface area contributed by atoms with E-state index in [1.807, 2.05) is 49.4 Å². The van der Waals surface area contributed by atoms with Crippen molar-refractivity contribution < 1.29 is 60.7 Å². The molecule has 0 aliphatic heterocycles. The van der Waals surface area contributed by atoms with E-state index in [1.54, 1.807) is 37.4 Å². The van der Waals surface area contributed by atoms with E-state index in [4.69, 9.17) is 9.47 Å². The summed E-state index contributed by atoms with van der Waals surface area (Å²) in [5.74, 6) is 0.846. The van der Waals surface area contributed by atoms with Gasteiger partial charge < -0.3 is 14.6 Å². The summed E-state index contributed by atoms with van der Waals surface area (Å²) in [6.07, 6.45) is 3.69. The van der Waals surface area contributed by atoms with Crippen molar-refractivity contribution in [3.63, 3.8) is 0 Å². The number of rotatable bonds is 7. The number of allylic oxidation sites excluding steroid dienone is 1. The van der Waals surface area contributed by atoms with Gasteiger partial charge in [0.25, 0.3) is 0 Å². The fourth-order valence-corrected chi connectivity index (χ4v) is 2.88. The molecule has 0 aliphatic carbocycles. The zero-order valence-corrected chi connectivity index (χ0v) is 20.2. The van der Waals surface area contributed by atoms with E-state index in [0.29, 0.717) is 29.2 Å². The fraction of sp³-hybridized carbons (Fsp3) is 0.125. The van der Waals surface area contributed by atoms with Gasteiger partial charge in [-0.15, -0.1) is 0 Å². The van der Waals surface area contributed by atoms with Crippen LogP contribution >= 0.6 is 0 Å². The summed E-state index contributed by atoms with van der Waals surface area (Å²) < 4.78 is 11.2. The summed E-state index contributed by atoms with van der Waals surface area (Å²) in [4.78, 5) is 13.3. The second kappa shape index (κ2) is 11.1. The number of ether oxygens (including phenoxy) is 2. The number of ketones is 1. The summed E-state index contributed by atoms with van der Waals surface area (Å²) in [5, 5.41) is 9.88. The van der Waals surface area contributed by atoms with Crippen molar-refractivity contribution in [2.45, 2.75) is 13.5 Å². The monoisotopic (exact) mass is 515 g/mol. The maximum Gasteiger partial charge on any atom is 0.197 e. The molecule has 5 heteroatoms. The van der Waals surface area contributed by atoms with Crippen molar-refractivity contribution in [2.75, 3.05) is 7.11 Å².